The number of aliphatic hydroxyl groups excluding tert-OH is 1. The van der Waals surface area contributed by atoms with Gasteiger partial charge in [-0.3, -0.25) is 9.59 Å². The van der Waals surface area contributed by atoms with Crippen LogP contribution in [0.25, 0.3) is 6.08 Å². The number of hydrogen-bond acceptors (Lipinski definition) is 5. The second kappa shape index (κ2) is 12.7. The molecule has 0 aliphatic carbocycles. The van der Waals surface area contributed by atoms with Crippen molar-refractivity contribution in [1.29, 1.82) is 0 Å². The van der Waals surface area contributed by atoms with Crippen molar-refractivity contribution in [1.82, 2.24) is 14.7 Å². The molecule has 0 radical (unpaired) electrons. The van der Waals surface area contributed by atoms with Crippen LogP contribution in [0.4, 0.5) is 0 Å². The monoisotopic (exact) mass is 497 g/mol. The Hall–Kier alpha value is -1.64. The Balaban J connectivity index is 1.48. The van der Waals surface area contributed by atoms with Crippen LogP contribution in [0, 0.1) is 5.92 Å². The van der Waals surface area contributed by atoms with E-state index in [2.05, 4.69) is 4.90 Å². The number of carbonyl (C=O) groups is 2. The van der Waals surface area contributed by atoms with Crippen LogP contribution in [-0.4, -0.2) is 97.3 Å². The summed E-state index contributed by atoms with van der Waals surface area (Å²) in [7, 11) is 1.72. The zero-order valence-electron chi connectivity index (χ0n) is 19.1. The number of carbonyl (C=O) groups excluding carboxylic acids is 2. The van der Waals surface area contributed by atoms with Gasteiger partial charge in [-0.1, -0.05) is 29.3 Å². The van der Waals surface area contributed by atoms with Crippen molar-refractivity contribution in [3.8, 4) is 0 Å². The summed E-state index contributed by atoms with van der Waals surface area (Å²) < 4.78 is 5.28. The number of β-amino-alcohol motifs (C(OH)–C–C–N with tert-alkyl or cyclic N) is 1. The van der Waals surface area contributed by atoms with Crippen LogP contribution < -0.4 is 0 Å². The maximum absolute atomic E-state index is 12.6. The van der Waals surface area contributed by atoms with Crippen LogP contribution in [0.1, 0.15) is 24.8 Å². The Labute approximate surface area is 205 Å². The molecule has 2 aliphatic heterocycles. The first-order chi connectivity index (χ1) is 15.9. The topological polar surface area (TPSA) is 73.3 Å². The van der Waals surface area contributed by atoms with Gasteiger partial charge in [0.1, 0.15) is 0 Å². The summed E-state index contributed by atoms with van der Waals surface area (Å²) in [6, 6.07) is 5.17. The quantitative estimate of drug-likeness (QED) is 0.559. The zero-order valence-corrected chi connectivity index (χ0v) is 20.6. The molecular formula is C24H33Cl2N3O4. The van der Waals surface area contributed by atoms with Crippen LogP contribution in [0.3, 0.4) is 0 Å². The van der Waals surface area contributed by atoms with Crippen molar-refractivity contribution in [2.24, 2.45) is 5.92 Å². The number of hydrogen-bond donors (Lipinski definition) is 1. The molecule has 0 aromatic heterocycles. The van der Waals surface area contributed by atoms with E-state index in [4.69, 9.17) is 27.9 Å². The predicted molar refractivity (Wildman–Crippen MR) is 130 cm³/mol. The summed E-state index contributed by atoms with van der Waals surface area (Å²) in [4.78, 5) is 30.8. The van der Waals surface area contributed by atoms with Crippen molar-refractivity contribution in [2.45, 2.75) is 25.4 Å². The van der Waals surface area contributed by atoms with E-state index in [-0.39, 0.29) is 24.8 Å². The Kier molecular flexibility index (Phi) is 10.0. The molecule has 2 amide bonds. The molecule has 2 atom stereocenters. The van der Waals surface area contributed by atoms with Crippen LogP contribution in [0.15, 0.2) is 24.3 Å². The number of nitrogens with zero attached hydrogens (tertiary/aromatic N) is 3. The van der Waals surface area contributed by atoms with Crippen molar-refractivity contribution >= 4 is 41.1 Å². The highest BCUT2D eigenvalue weighted by molar-refractivity contribution is 6.42. The minimum atomic E-state index is -0.618. The molecule has 0 saturated carbocycles. The van der Waals surface area contributed by atoms with Crippen LogP contribution in [-0.2, 0) is 14.3 Å². The Morgan fingerprint density at radius 3 is 2.79 bits per heavy atom. The molecule has 0 bridgehead atoms. The average Bonchev–Trinajstić information content (AvgIpc) is 2.96. The van der Waals surface area contributed by atoms with Gasteiger partial charge in [0.25, 0.3) is 0 Å². The fraction of sp³-hybridized carbons (Fsp3) is 0.583. The third-order valence-electron chi connectivity index (χ3n) is 6.17. The van der Waals surface area contributed by atoms with Gasteiger partial charge in [-0.05, 0) is 49.1 Å². The summed E-state index contributed by atoms with van der Waals surface area (Å²) in [5.41, 5.74) is 0.777. The summed E-state index contributed by atoms with van der Waals surface area (Å²) in [6.45, 7) is 4.63. The maximum atomic E-state index is 12.6. The molecule has 33 heavy (non-hydrogen) atoms. The summed E-state index contributed by atoms with van der Waals surface area (Å²) in [5.74, 6) is 0.301. The van der Waals surface area contributed by atoms with E-state index in [9.17, 15) is 14.7 Å². The number of likely N-dealkylation sites (tertiary alicyclic amines) is 1. The summed E-state index contributed by atoms with van der Waals surface area (Å²) in [6.07, 6.45) is 5.05. The first kappa shape index (κ1) is 26.0. The van der Waals surface area contributed by atoms with Crippen molar-refractivity contribution in [3.05, 3.63) is 39.9 Å². The van der Waals surface area contributed by atoms with Crippen LogP contribution in [0.2, 0.25) is 10.0 Å². The van der Waals surface area contributed by atoms with E-state index >= 15 is 0 Å². The lowest BCUT2D eigenvalue weighted by atomic mass is 9.98. The van der Waals surface area contributed by atoms with Gasteiger partial charge in [0.2, 0.25) is 11.8 Å². The number of amides is 2. The smallest absolute Gasteiger partial charge is 0.246 e. The third-order valence-corrected chi connectivity index (χ3v) is 6.91. The lowest BCUT2D eigenvalue weighted by molar-refractivity contribution is -0.132. The largest absolute Gasteiger partial charge is 0.390 e. The third kappa shape index (κ3) is 7.97. The average molecular weight is 498 g/mol. The second-order valence-electron chi connectivity index (χ2n) is 8.80. The van der Waals surface area contributed by atoms with Gasteiger partial charge in [0.05, 0.1) is 22.8 Å². The molecule has 2 saturated heterocycles. The Bertz CT molecular complexity index is 849. The number of benzene rings is 1. The highest BCUT2D eigenvalue weighted by Crippen LogP contribution is 2.23. The Morgan fingerprint density at radius 2 is 2.03 bits per heavy atom. The van der Waals surface area contributed by atoms with Crippen molar-refractivity contribution < 1.29 is 19.4 Å². The Morgan fingerprint density at radius 1 is 1.21 bits per heavy atom. The highest BCUT2D eigenvalue weighted by atomic mass is 35.5. The van der Waals surface area contributed by atoms with Crippen LogP contribution >= 0.6 is 23.2 Å². The molecule has 1 N–H and O–H groups in total. The lowest BCUT2D eigenvalue weighted by Gasteiger charge is -2.34. The fourth-order valence-electron chi connectivity index (χ4n) is 4.47. The SMILES string of the molecule is COCC1CCCN(CC(O)CN2CCN(C(=O)C=Cc3ccc(Cl)c(Cl)c3)CCC2=O)C1. The van der Waals surface area contributed by atoms with E-state index < -0.39 is 6.10 Å². The fourth-order valence-corrected chi connectivity index (χ4v) is 4.77. The molecule has 2 unspecified atom stereocenters. The van der Waals surface area contributed by atoms with Crippen molar-refractivity contribution in [3.63, 3.8) is 0 Å². The predicted octanol–water partition coefficient (Wildman–Crippen LogP) is 2.79. The second-order valence-corrected chi connectivity index (χ2v) is 9.61. The van der Waals surface area contributed by atoms with Gasteiger partial charge in [-0.25, -0.2) is 0 Å². The first-order valence-corrected chi connectivity index (χ1v) is 12.2. The van der Waals surface area contributed by atoms with Gasteiger partial charge in [-0.15, -0.1) is 0 Å². The molecule has 9 heteroatoms. The molecule has 2 fully saturated rings. The van der Waals surface area contributed by atoms with Gasteiger partial charge in [0, 0.05) is 58.9 Å². The minimum absolute atomic E-state index is 0.0336. The molecule has 1 aromatic rings. The molecule has 2 heterocycles. The minimum Gasteiger partial charge on any atom is -0.390 e. The van der Waals surface area contributed by atoms with Crippen LogP contribution in [0.5, 0.6) is 0 Å². The van der Waals surface area contributed by atoms with E-state index in [0.29, 0.717) is 42.1 Å². The number of halogens is 2. The van der Waals surface area contributed by atoms with E-state index in [1.807, 2.05) is 0 Å². The molecule has 3 rings (SSSR count). The molecule has 182 valence electrons. The van der Waals surface area contributed by atoms with E-state index in [0.717, 1.165) is 38.1 Å². The number of methoxy groups -OCH3 is 1. The lowest BCUT2D eigenvalue weighted by Crippen LogP contribution is -2.46. The highest BCUT2D eigenvalue weighted by Gasteiger charge is 2.26. The molecule has 0 spiro atoms. The summed E-state index contributed by atoms with van der Waals surface area (Å²) in [5, 5.41) is 11.5. The standard InChI is InChI=1S/C24H33Cl2N3O4/c1-33-17-19-3-2-9-27(14-19)15-20(30)16-29-12-11-28(10-8-24(29)32)23(31)7-5-18-4-6-21(25)22(26)13-18/h4-7,13,19-20,30H,2-3,8-12,14-17H2,1H3. The van der Waals surface area contributed by atoms with E-state index in [1.165, 1.54) is 6.08 Å². The molecule has 7 nitrogen and oxygen atoms in total. The van der Waals surface area contributed by atoms with Gasteiger partial charge in [-0.2, -0.15) is 0 Å². The van der Waals surface area contributed by atoms with E-state index in [1.54, 1.807) is 41.2 Å². The number of rotatable bonds is 8. The normalized spacial score (nSPS) is 21.5. The maximum Gasteiger partial charge on any atom is 0.246 e. The first-order valence-electron chi connectivity index (χ1n) is 11.4. The molecular weight excluding hydrogens is 465 g/mol. The van der Waals surface area contributed by atoms with Gasteiger partial charge in [0.15, 0.2) is 0 Å². The number of piperidine rings is 1. The zero-order chi connectivity index (χ0) is 23.8. The van der Waals surface area contributed by atoms with Crippen molar-refractivity contribution in [2.75, 3.05) is 59.5 Å². The molecule has 1 aromatic carbocycles. The van der Waals surface area contributed by atoms with Gasteiger partial charge >= 0.3 is 0 Å². The number of ether oxygens (including phenoxy) is 1. The summed E-state index contributed by atoms with van der Waals surface area (Å²) >= 11 is 11.9. The van der Waals surface area contributed by atoms with Gasteiger partial charge < -0.3 is 24.5 Å². The number of aliphatic hydroxyl groups is 1. The molecule has 2 aliphatic rings.